The smallest absolute Gasteiger partial charge is 0.265 e. The van der Waals surface area contributed by atoms with Crippen molar-refractivity contribution in [3.05, 3.63) is 70.0 Å². The lowest BCUT2D eigenvalue weighted by Crippen LogP contribution is -2.58. The predicted molar refractivity (Wildman–Crippen MR) is 145 cm³/mol. The van der Waals surface area contributed by atoms with Crippen LogP contribution in [0.15, 0.2) is 69.5 Å². The number of rotatable bonds is 10. The lowest BCUT2D eigenvalue weighted by molar-refractivity contribution is -0.148. The molecule has 1 amide bonds. The number of hydrogen-bond donors (Lipinski definition) is 2. The molecule has 2 unspecified atom stereocenters. The lowest BCUT2D eigenvalue weighted by Gasteiger charge is -2.44. The Morgan fingerprint density at radius 1 is 1.31 bits per heavy atom. The summed E-state index contributed by atoms with van der Waals surface area (Å²) in [7, 11) is 0. The molecule has 0 aromatic heterocycles. The van der Waals surface area contributed by atoms with Crippen LogP contribution < -0.4 is 5.32 Å². The number of allylic oxidation sites excluding steroid dienone is 4. The molecule has 1 saturated heterocycles. The van der Waals surface area contributed by atoms with Crippen LogP contribution in [0.4, 0.5) is 8.78 Å². The molecule has 8 heteroatoms. The summed E-state index contributed by atoms with van der Waals surface area (Å²) >= 11 is 6.07. The molecular weight excluding hydrogens is 482 g/mol. The summed E-state index contributed by atoms with van der Waals surface area (Å²) in [6.45, 7) is 8.90. The van der Waals surface area contributed by atoms with E-state index < -0.39 is 30.3 Å². The number of piperidine rings is 1. The van der Waals surface area contributed by atoms with Gasteiger partial charge in [0.05, 0.1) is 28.9 Å². The Morgan fingerprint density at radius 3 is 2.56 bits per heavy atom. The van der Waals surface area contributed by atoms with E-state index in [-0.39, 0.29) is 24.3 Å². The number of aliphatic imine (C=N–C) groups is 1. The molecule has 0 aliphatic carbocycles. The summed E-state index contributed by atoms with van der Waals surface area (Å²) in [5.74, 6) is -3.42. The fraction of sp³-hybridized carbons (Fsp3) is 0.464. The van der Waals surface area contributed by atoms with Gasteiger partial charge < -0.3 is 10.2 Å². The van der Waals surface area contributed by atoms with Crippen LogP contribution in [0.25, 0.3) is 0 Å². The van der Waals surface area contributed by atoms with Crippen molar-refractivity contribution in [3.8, 4) is 0 Å². The van der Waals surface area contributed by atoms with E-state index in [0.717, 1.165) is 12.0 Å². The summed E-state index contributed by atoms with van der Waals surface area (Å²) in [6.07, 6.45) is 5.83. The summed E-state index contributed by atoms with van der Waals surface area (Å²) in [5, 5.41) is 12.4. The van der Waals surface area contributed by atoms with Gasteiger partial charge in [-0.05, 0) is 38.2 Å². The molecule has 1 aliphatic rings. The fourth-order valence-corrected chi connectivity index (χ4v) is 4.22. The first-order valence-electron chi connectivity index (χ1n) is 12.4. The number of carbonyl (C=O) groups excluding carboxylic acids is 1. The highest BCUT2D eigenvalue weighted by atomic mass is 35.5. The van der Waals surface area contributed by atoms with E-state index in [2.05, 4.69) is 10.3 Å². The van der Waals surface area contributed by atoms with Gasteiger partial charge in [0.25, 0.3) is 11.8 Å². The monoisotopic (exact) mass is 518 g/mol. The van der Waals surface area contributed by atoms with Crippen molar-refractivity contribution in [1.29, 1.82) is 5.41 Å². The summed E-state index contributed by atoms with van der Waals surface area (Å²) in [6, 6.07) is 8.37. The highest BCUT2D eigenvalue weighted by molar-refractivity contribution is 6.39. The molecule has 5 nitrogen and oxygen atoms in total. The fourth-order valence-electron chi connectivity index (χ4n) is 4.17. The van der Waals surface area contributed by atoms with Crippen LogP contribution in [-0.4, -0.2) is 47.8 Å². The molecule has 1 aromatic rings. The minimum Gasteiger partial charge on any atom is -0.368 e. The number of halogens is 3. The van der Waals surface area contributed by atoms with Crippen molar-refractivity contribution in [3.63, 3.8) is 0 Å². The maximum Gasteiger partial charge on any atom is 0.265 e. The van der Waals surface area contributed by atoms with Crippen LogP contribution in [0.3, 0.4) is 0 Å². The maximum atomic E-state index is 14.7. The second-order valence-corrected chi connectivity index (χ2v) is 9.54. The zero-order valence-corrected chi connectivity index (χ0v) is 22.5. The normalized spacial score (nSPS) is 21.4. The van der Waals surface area contributed by atoms with Gasteiger partial charge in [0.1, 0.15) is 5.82 Å². The van der Waals surface area contributed by atoms with E-state index in [9.17, 15) is 13.6 Å². The molecule has 1 aliphatic heterocycles. The summed E-state index contributed by atoms with van der Waals surface area (Å²) in [4.78, 5) is 19.4. The Morgan fingerprint density at radius 2 is 1.97 bits per heavy atom. The molecule has 0 radical (unpaired) electrons. The van der Waals surface area contributed by atoms with Crippen LogP contribution in [-0.2, 0) is 4.79 Å². The predicted octanol–water partition coefficient (Wildman–Crippen LogP) is 6.71. The minimum absolute atomic E-state index is 0.0312. The average Bonchev–Trinajstić information content (AvgIpc) is 2.86. The molecule has 2 rings (SSSR count). The highest BCUT2D eigenvalue weighted by Crippen LogP contribution is 2.35. The largest absolute Gasteiger partial charge is 0.368 e. The molecule has 196 valence electrons. The van der Waals surface area contributed by atoms with Gasteiger partial charge in [-0.25, -0.2) is 13.8 Å². The van der Waals surface area contributed by atoms with Crippen LogP contribution in [0.2, 0.25) is 0 Å². The van der Waals surface area contributed by atoms with E-state index in [1.807, 2.05) is 26.8 Å². The molecular formula is C28H37ClF2N4O. The standard InChI is InChI=1S/C28H37ClF2N4O/c1-6-12-23(25(32)21-13-10-9-11-14-21)27(36)35-18-28(30,31)15-20(5)24(35)17-34-26(19(4)7-2)33-16-22(29)8-3/h8-14,16,20,24,32,34H,6-7,15,17-18H2,1-5H3/b22-8+,23-12+,26-19+,32-25?,33-16+. The lowest BCUT2D eigenvalue weighted by atomic mass is 9.87. The molecule has 0 spiro atoms. The van der Waals surface area contributed by atoms with Gasteiger partial charge in [-0.3, -0.25) is 10.2 Å². The zero-order valence-electron chi connectivity index (χ0n) is 21.7. The molecule has 1 aromatic carbocycles. The van der Waals surface area contributed by atoms with Crippen molar-refractivity contribution in [2.24, 2.45) is 10.9 Å². The Balaban J connectivity index is 2.39. The van der Waals surface area contributed by atoms with Crippen LogP contribution in [0.5, 0.6) is 0 Å². The van der Waals surface area contributed by atoms with E-state index in [4.69, 9.17) is 17.0 Å². The van der Waals surface area contributed by atoms with Gasteiger partial charge in [-0.15, -0.1) is 0 Å². The van der Waals surface area contributed by atoms with E-state index in [0.29, 0.717) is 22.8 Å². The Bertz CT molecular complexity index is 1050. The van der Waals surface area contributed by atoms with Gasteiger partial charge in [0, 0.05) is 24.7 Å². The maximum absolute atomic E-state index is 14.7. The number of benzene rings is 1. The Labute approximate surface area is 218 Å². The third-order valence-electron chi connectivity index (χ3n) is 6.32. The molecule has 2 N–H and O–H groups in total. The molecule has 0 saturated carbocycles. The minimum atomic E-state index is -3.01. The molecule has 1 heterocycles. The SMILES string of the molecule is C\C=C(Cl)/C=N/C(NCC1C(C)CC(F)(F)CN1C(=O)/C(=C/CC)C(=N)c1ccccc1)=C(/C)CC. The molecule has 1 fully saturated rings. The first-order chi connectivity index (χ1) is 17.0. The van der Waals surface area contributed by atoms with Gasteiger partial charge in [0.2, 0.25) is 0 Å². The number of amides is 1. The highest BCUT2D eigenvalue weighted by Gasteiger charge is 2.46. The van der Waals surface area contributed by atoms with Crippen LogP contribution >= 0.6 is 11.6 Å². The third kappa shape index (κ3) is 7.85. The van der Waals surface area contributed by atoms with Gasteiger partial charge in [-0.1, -0.05) is 74.9 Å². The topological polar surface area (TPSA) is 68.6 Å². The third-order valence-corrected chi connectivity index (χ3v) is 6.63. The number of nitrogens with zero attached hydrogens (tertiary/aromatic N) is 2. The Hall–Kier alpha value is -2.80. The average molecular weight is 519 g/mol. The first-order valence-corrected chi connectivity index (χ1v) is 12.7. The number of carbonyl (C=O) groups is 1. The quantitative estimate of drug-likeness (QED) is 0.267. The number of hydrogen-bond acceptors (Lipinski definition) is 4. The van der Waals surface area contributed by atoms with Gasteiger partial charge >= 0.3 is 0 Å². The molecule has 0 bridgehead atoms. The van der Waals surface area contributed by atoms with E-state index >= 15 is 0 Å². The van der Waals surface area contributed by atoms with Crippen LogP contribution in [0.1, 0.15) is 59.4 Å². The van der Waals surface area contributed by atoms with Gasteiger partial charge in [-0.2, -0.15) is 0 Å². The van der Waals surface area contributed by atoms with E-state index in [1.165, 1.54) is 11.1 Å². The second kappa shape index (κ2) is 13.5. The number of likely N-dealkylation sites (tertiary alicyclic amines) is 1. The van der Waals surface area contributed by atoms with Crippen molar-refractivity contribution >= 4 is 29.4 Å². The zero-order chi connectivity index (χ0) is 26.9. The molecule has 36 heavy (non-hydrogen) atoms. The van der Waals surface area contributed by atoms with E-state index in [1.54, 1.807) is 50.3 Å². The summed E-state index contributed by atoms with van der Waals surface area (Å²) in [5.41, 5.74) is 1.72. The van der Waals surface area contributed by atoms with Crippen molar-refractivity contribution in [2.45, 2.75) is 65.8 Å². The van der Waals surface area contributed by atoms with Crippen molar-refractivity contribution < 1.29 is 13.6 Å². The van der Waals surface area contributed by atoms with Crippen LogP contribution in [0, 0.1) is 11.3 Å². The summed E-state index contributed by atoms with van der Waals surface area (Å²) < 4.78 is 29.4. The number of alkyl halides is 2. The number of nitrogens with one attached hydrogen (secondary N) is 2. The van der Waals surface area contributed by atoms with Gasteiger partial charge in [0.15, 0.2) is 0 Å². The first kappa shape index (κ1) is 29.4. The van der Waals surface area contributed by atoms with Crippen molar-refractivity contribution in [1.82, 2.24) is 10.2 Å². The Kier molecular flexibility index (Phi) is 11.0. The molecule has 2 atom stereocenters. The second-order valence-electron chi connectivity index (χ2n) is 9.10. The van der Waals surface area contributed by atoms with Crippen molar-refractivity contribution in [2.75, 3.05) is 13.1 Å².